The Morgan fingerprint density at radius 3 is 1.04 bits per heavy atom. The molecule has 0 saturated heterocycles. The Balaban J connectivity index is 2.23. The molecule has 0 saturated carbocycles. The Labute approximate surface area is 167 Å². The minimum absolute atomic E-state index is 0.264. The van der Waals surface area contributed by atoms with Gasteiger partial charge >= 0.3 is 0 Å². The number of hydrogen-bond donors (Lipinski definition) is 0. The van der Waals surface area contributed by atoms with E-state index in [9.17, 15) is 0 Å². The molecule has 0 spiro atoms. The van der Waals surface area contributed by atoms with Crippen LogP contribution in [0.15, 0.2) is 72.8 Å². The largest absolute Gasteiger partial charge is 0.497 e. The van der Waals surface area contributed by atoms with Gasteiger partial charge < -0.3 is 14.2 Å². The van der Waals surface area contributed by atoms with Gasteiger partial charge in [-0.3, -0.25) is 0 Å². The van der Waals surface area contributed by atoms with Crippen LogP contribution in [-0.4, -0.2) is 21.3 Å². The summed E-state index contributed by atoms with van der Waals surface area (Å²) in [5.74, 6) is 2.58. The Morgan fingerprint density at radius 2 is 0.821 bits per heavy atom. The van der Waals surface area contributed by atoms with E-state index in [1.807, 2.05) is 36.4 Å². The summed E-state index contributed by atoms with van der Waals surface area (Å²) in [6.07, 6.45) is 2.03. The van der Waals surface area contributed by atoms with E-state index in [-0.39, 0.29) is 5.41 Å². The van der Waals surface area contributed by atoms with Crippen LogP contribution in [-0.2, 0) is 5.41 Å². The molecule has 0 fully saturated rings. The normalized spacial score (nSPS) is 11.1. The maximum atomic E-state index is 5.38. The van der Waals surface area contributed by atoms with Crippen molar-refractivity contribution < 1.29 is 14.2 Å². The number of methoxy groups -OCH3 is 3. The average molecular weight is 376 g/mol. The molecule has 0 atom stereocenters. The lowest BCUT2D eigenvalue weighted by Gasteiger charge is -2.36. The molecule has 3 aromatic rings. The first kappa shape index (κ1) is 19.8. The highest BCUT2D eigenvalue weighted by molar-refractivity contribution is 5.53. The molecule has 3 nitrogen and oxygen atoms in total. The van der Waals surface area contributed by atoms with Crippen molar-refractivity contribution in [1.29, 1.82) is 0 Å². The Hall–Kier alpha value is -2.94. The Bertz CT molecular complexity index is 749. The van der Waals surface area contributed by atoms with E-state index in [2.05, 4.69) is 43.3 Å². The van der Waals surface area contributed by atoms with Gasteiger partial charge in [0.25, 0.3) is 0 Å². The molecule has 0 bridgehead atoms. The highest BCUT2D eigenvalue weighted by atomic mass is 16.5. The molecule has 0 aliphatic carbocycles. The molecule has 146 valence electrons. The van der Waals surface area contributed by atoms with E-state index in [1.54, 1.807) is 21.3 Å². The van der Waals surface area contributed by atoms with E-state index in [4.69, 9.17) is 14.2 Å². The number of rotatable bonds is 8. The van der Waals surface area contributed by atoms with Gasteiger partial charge in [0.2, 0.25) is 0 Å². The fourth-order valence-electron chi connectivity index (χ4n) is 3.93. The fraction of sp³-hybridized carbons (Fsp3) is 0.280. The smallest absolute Gasteiger partial charge is 0.118 e. The van der Waals surface area contributed by atoms with Crippen LogP contribution in [0.25, 0.3) is 0 Å². The van der Waals surface area contributed by atoms with Crippen LogP contribution in [0.5, 0.6) is 17.2 Å². The van der Waals surface area contributed by atoms with Crippen LogP contribution >= 0.6 is 0 Å². The molecule has 0 aromatic heterocycles. The summed E-state index contributed by atoms with van der Waals surface area (Å²) in [7, 11) is 5.09. The van der Waals surface area contributed by atoms with Gasteiger partial charge in [-0.05, 0) is 59.5 Å². The molecule has 0 unspecified atom stereocenters. The highest BCUT2D eigenvalue weighted by Crippen LogP contribution is 2.44. The Morgan fingerprint density at radius 1 is 0.536 bits per heavy atom. The van der Waals surface area contributed by atoms with Gasteiger partial charge in [-0.1, -0.05) is 49.7 Å². The van der Waals surface area contributed by atoms with Crippen LogP contribution < -0.4 is 14.2 Å². The first-order valence-electron chi connectivity index (χ1n) is 9.61. The van der Waals surface area contributed by atoms with E-state index >= 15 is 0 Å². The van der Waals surface area contributed by atoms with Gasteiger partial charge in [0.15, 0.2) is 0 Å². The molecule has 3 rings (SSSR count). The molecule has 0 N–H and O–H groups in total. The Kier molecular flexibility index (Phi) is 6.25. The zero-order valence-corrected chi connectivity index (χ0v) is 17.1. The third kappa shape index (κ3) is 3.70. The first-order chi connectivity index (χ1) is 13.7. The summed E-state index contributed by atoms with van der Waals surface area (Å²) >= 11 is 0. The number of benzene rings is 3. The summed E-state index contributed by atoms with van der Waals surface area (Å²) in [6.45, 7) is 2.23. The van der Waals surface area contributed by atoms with Gasteiger partial charge in [0.05, 0.1) is 21.3 Å². The van der Waals surface area contributed by atoms with Crippen molar-refractivity contribution in [2.75, 3.05) is 21.3 Å². The van der Waals surface area contributed by atoms with Crippen molar-refractivity contribution in [2.45, 2.75) is 25.2 Å². The van der Waals surface area contributed by atoms with Crippen molar-refractivity contribution in [3.05, 3.63) is 89.5 Å². The lowest BCUT2D eigenvalue weighted by atomic mass is 9.67. The fourth-order valence-corrected chi connectivity index (χ4v) is 3.93. The van der Waals surface area contributed by atoms with Gasteiger partial charge in [-0.15, -0.1) is 0 Å². The molecule has 3 aromatic carbocycles. The number of hydrogen-bond acceptors (Lipinski definition) is 3. The first-order valence-corrected chi connectivity index (χ1v) is 9.61. The standard InChI is InChI=1S/C25H28O3/c1-5-18-25(19-6-12-22(26-2)13-7-19,20-8-14-23(27-3)15-9-20)21-10-16-24(28-4)17-11-21/h6-17H,5,18H2,1-4H3. The predicted molar refractivity (Wildman–Crippen MR) is 114 cm³/mol. The monoisotopic (exact) mass is 376 g/mol. The second-order valence-corrected chi connectivity index (χ2v) is 6.84. The van der Waals surface area contributed by atoms with Crippen LogP contribution in [0, 0.1) is 0 Å². The zero-order valence-electron chi connectivity index (χ0n) is 17.1. The van der Waals surface area contributed by atoms with E-state index in [0.29, 0.717) is 0 Å². The SMILES string of the molecule is CCCC(c1ccc(OC)cc1)(c1ccc(OC)cc1)c1ccc(OC)cc1. The van der Waals surface area contributed by atoms with Crippen molar-refractivity contribution in [3.8, 4) is 17.2 Å². The average Bonchev–Trinajstić information content (AvgIpc) is 2.78. The summed E-state index contributed by atoms with van der Waals surface area (Å²) in [5, 5.41) is 0. The molecular formula is C25H28O3. The lowest BCUT2D eigenvalue weighted by molar-refractivity contribution is 0.413. The van der Waals surface area contributed by atoms with E-state index in [1.165, 1.54) is 16.7 Å². The summed E-state index contributed by atoms with van der Waals surface area (Å²) in [4.78, 5) is 0. The van der Waals surface area contributed by atoms with Crippen molar-refractivity contribution in [1.82, 2.24) is 0 Å². The maximum absolute atomic E-state index is 5.38. The molecule has 0 aliphatic rings. The summed E-state index contributed by atoms with van der Waals surface area (Å²) in [5.41, 5.74) is 3.46. The summed E-state index contributed by atoms with van der Waals surface area (Å²) in [6, 6.07) is 25.2. The molecule has 0 amide bonds. The molecule has 3 heteroatoms. The molecule has 0 aliphatic heterocycles. The highest BCUT2D eigenvalue weighted by Gasteiger charge is 2.35. The van der Waals surface area contributed by atoms with Crippen LogP contribution in [0.2, 0.25) is 0 Å². The molecule has 0 heterocycles. The second kappa shape index (κ2) is 8.83. The van der Waals surface area contributed by atoms with Gasteiger partial charge in [0, 0.05) is 5.41 Å². The quantitative estimate of drug-likeness (QED) is 0.462. The lowest BCUT2D eigenvalue weighted by Crippen LogP contribution is -2.29. The predicted octanol–water partition coefficient (Wildman–Crippen LogP) is 5.85. The topological polar surface area (TPSA) is 27.7 Å². The van der Waals surface area contributed by atoms with Crippen molar-refractivity contribution in [2.24, 2.45) is 0 Å². The minimum Gasteiger partial charge on any atom is -0.497 e. The van der Waals surface area contributed by atoms with Crippen molar-refractivity contribution >= 4 is 0 Å². The number of ether oxygens (including phenoxy) is 3. The van der Waals surface area contributed by atoms with E-state index in [0.717, 1.165) is 30.1 Å². The second-order valence-electron chi connectivity index (χ2n) is 6.84. The van der Waals surface area contributed by atoms with Crippen LogP contribution in [0.3, 0.4) is 0 Å². The van der Waals surface area contributed by atoms with Gasteiger partial charge in [-0.2, -0.15) is 0 Å². The third-order valence-corrected chi connectivity index (χ3v) is 5.37. The molecule has 28 heavy (non-hydrogen) atoms. The zero-order chi connectivity index (χ0) is 20.0. The van der Waals surface area contributed by atoms with Gasteiger partial charge in [0.1, 0.15) is 17.2 Å². The molecular weight excluding hydrogens is 348 g/mol. The van der Waals surface area contributed by atoms with Crippen LogP contribution in [0.1, 0.15) is 36.5 Å². The van der Waals surface area contributed by atoms with Gasteiger partial charge in [-0.25, -0.2) is 0 Å². The van der Waals surface area contributed by atoms with Crippen molar-refractivity contribution in [3.63, 3.8) is 0 Å². The van der Waals surface area contributed by atoms with Crippen LogP contribution in [0.4, 0.5) is 0 Å². The maximum Gasteiger partial charge on any atom is 0.118 e. The summed E-state index contributed by atoms with van der Waals surface area (Å²) < 4.78 is 16.1. The minimum atomic E-state index is -0.264. The van der Waals surface area contributed by atoms with E-state index < -0.39 is 0 Å². The molecule has 0 radical (unpaired) electrons. The third-order valence-electron chi connectivity index (χ3n) is 5.37.